The van der Waals surface area contributed by atoms with E-state index in [2.05, 4.69) is 38.1 Å². The number of fused-ring (bicyclic) bond motifs is 1. The summed E-state index contributed by atoms with van der Waals surface area (Å²) >= 11 is 0. The summed E-state index contributed by atoms with van der Waals surface area (Å²) in [5.74, 6) is 1.45. The molecular weight excluding hydrogens is 300 g/mol. The highest BCUT2D eigenvalue weighted by Gasteiger charge is 2.37. The minimum absolute atomic E-state index is 0.0271. The number of aryl methyl sites for hydroxylation is 2. The van der Waals surface area contributed by atoms with Crippen LogP contribution in [-0.2, 0) is 16.0 Å². The first-order chi connectivity index (χ1) is 11.7. The van der Waals surface area contributed by atoms with E-state index in [9.17, 15) is 4.79 Å². The van der Waals surface area contributed by atoms with Crippen LogP contribution in [0.1, 0.15) is 35.1 Å². The Morgan fingerprint density at radius 3 is 2.75 bits per heavy atom. The van der Waals surface area contributed by atoms with Gasteiger partial charge >= 0.3 is 0 Å². The fourth-order valence-corrected chi connectivity index (χ4v) is 3.69. The number of ketones is 1. The lowest BCUT2D eigenvalue weighted by atomic mass is 9.77. The average Bonchev–Trinajstić information content (AvgIpc) is 2.60. The first-order valence-electron chi connectivity index (χ1n) is 8.39. The molecule has 0 aliphatic carbocycles. The summed E-state index contributed by atoms with van der Waals surface area (Å²) in [7, 11) is 0. The molecule has 0 amide bonds. The van der Waals surface area contributed by atoms with Crippen molar-refractivity contribution < 1.29 is 14.3 Å². The van der Waals surface area contributed by atoms with Crippen molar-refractivity contribution in [3.63, 3.8) is 0 Å². The Morgan fingerprint density at radius 1 is 1.08 bits per heavy atom. The van der Waals surface area contributed by atoms with E-state index in [1.807, 2.05) is 18.2 Å². The molecule has 0 spiro atoms. The first kappa shape index (κ1) is 15.2. The molecule has 2 aromatic rings. The molecule has 0 fully saturated rings. The van der Waals surface area contributed by atoms with E-state index in [4.69, 9.17) is 9.47 Å². The number of rotatable bonds is 2. The van der Waals surface area contributed by atoms with Crippen LogP contribution < -0.4 is 4.74 Å². The smallest absolute Gasteiger partial charge is 0.188 e. The number of carbonyl (C=O) groups excluding carboxylic acids is 1. The van der Waals surface area contributed by atoms with Gasteiger partial charge in [-0.1, -0.05) is 48.9 Å². The van der Waals surface area contributed by atoms with Gasteiger partial charge in [0.1, 0.15) is 24.7 Å². The predicted molar refractivity (Wildman–Crippen MR) is 92.3 cm³/mol. The Morgan fingerprint density at radius 2 is 1.92 bits per heavy atom. The number of hydrogen-bond acceptors (Lipinski definition) is 3. The van der Waals surface area contributed by atoms with Crippen LogP contribution in [0.15, 0.2) is 53.8 Å². The van der Waals surface area contributed by atoms with Crippen LogP contribution in [0, 0.1) is 6.92 Å². The van der Waals surface area contributed by atoms with Gasteiger partial charge in [-0.15, -0.1) is 0 Å². The van der Waals surface area contributed by atoms with Crippen molar-refractivity contribution in [3.05, 3.63) is 76.1 Å². The van der Waals surface area contributed by atoms with Crippen LogP contribution in [0.25, 0.3) is 0 Å². The lowest BCUT2D eigenvalue weighted by Gasteiger charge is -2.33. The van der Waals surface area contributed by atoms with Crippen molar-refractivity contribution in [2.45, 2.75) is 26.2 Å². The molecule has 2 aliphatic rings. The molecule has 24 heavy (non-hydrogen) atoms. The number of Topliss-reactive ketones (excluding diaryl/α,β-unsaturated/α-hetero) is 1. The van der Waals surface area contributed by atoms with E-state index in [0.717, 1.165) is 23.3 Å². The summed E-state index contributed by atoms with van der Waals surface area (Å²) in [6, 6.07) is 14.6. The molecular formula is C21H20O3. The highest BCUT2D eigenvalue weighted by Crippen LogP contribution is 2.45. The summed E-state index contributed by atoms with van der Waals surface area (Å²) in [6.45, 7) is 4.71. The zero-order valence-electron chi connectivity index (χ0n) is 14.0. The predicted octanol–water partition coefficient (Wildman–Crippen LogP) is 3.94. The second-order valence-electron chi connectivity index (χ2n) is 6.38. The molecule has 3 nitrogen and oxygen atoms in total. The standard InChI is InChI=1S/C21H20O3/c1-3-14-6-4-5-7-15(14)20-16-10-13(2)8-9-18(16)24-19-12-23-11-17(22)21(19)20/h4-10,20H,3,11-12H2,1-2H3/t20-/m1/s1. The molecule has 0 aromatic heterocycles. The third-order valence-corrected chi connectivity index (χ3v) is 4.81. The topological polar surface area (TPSA) is 35.5 Å². The fraction of sp³-hybridized carbons (Fsp3) is 0.286. The number of hydrogen-bond donors (Lipinski definition) is 0. The normalized spacial score (nSPS) is 19.6. The Bertz CT molecular complexity index is 848. The van der Waals surface area contributed by atoms with Crippen LogP contribution in [0.2, 0.25) is 0 Å². The summed E-state index contributed by atoms with van der Waals surface area (Å²) in [6.07, 6.45) is 0.933. The van der Waals surface area contributed by atoms with Gasteiger partial charge in [0.2, 0.25) is 0 Å². The third kappa shape index (κ3) is 2.36. The van der Waals surface area contributed by atoms with Crippen LogP contribution in [0.3, 0.4) is 0 Å². The molecule has 2 aliphatic heterocycles. The number of carbonyl (C=O) groups is 1. The number of benzene rings is 2. The van der Waals surface area contributed by atoms with Gasteiger partial charge in [0.25, 0.3) is 0 Å². The van der Waals surface area contributed by atoms with E-state index in [-0.39, 0.29) is 18.3 Å². The average molecular weight is 320 g/mol. The maximum absolute atomic E-state index is 12.6. The maximum Gasteiger partial charge on any atom is 0.188 e. The molecule has 0 bridgehead atoms. The van der Waals surface area contributed by atoms with E-state index < -0.39 is 0 Å². The summed E-state index contributed by atoms with van der Waals surface area (Å²) in [5, 5.41) is 0. The fourth-order valence-electron chi connectivity index (χ4n) is 3.69. The van der Waals surface area contributed by atoms with E-state index in [1.54, 1.807) is 0 Å². The largest absolute Gasteiger partial charge is 0.458 e. The molecule has 0 radical (unpaired) electrons. The minimum Gasteiger partial charge on any atom is -0.458 e. The van der Waals surface area contributed by atoms with Gasteiger partial charge in [0.05, 0.1) is 5.57 Å². The van der Waals surface area contributed by atoms with Crippen molar-refractivity contribution in [3.8, 4) is 5.75 Å². The molecule has 4 rings (SSSR count). The van der Waals surface area contributed by atoms with Gasteiger partial charge in [-0.2, -0.15) is 0 Å². The summed E-state index contributed by atoms with van der Waals surface area (Å²) in [4.78, 5) is 12.6. The molecule has 1 atom stereocenters. The van der Waals surface area contributed by atoms with Crippen molar-refractivity contribution in [2.24, 2.45) is 0 Å². The van der Waals surface area contributed by atoms with E-state index in [1.165, 1.54) is 16.7 Å². The Hall–Kier alpha value is -2.39. The molecule has 0 saturated carbocycles. The molecule has 0 saturated heterocycles. The molecule has 122 valence electrons. The lowest BCUT2D eigenvalue weighted by molar-refractivity contribution is -0.121. The molecule has 3 heteroatoms. The summed E-state index contributed by atoms with van der Waals surface area (Å²) < 4.78 is 11.4. The molecule has 0 N–H and O–H groups in total. The molecule has 2 aromatic carbocycles. The maximum atomic E-state index is 12.6. The van der Waals surface area contributed by atoms with Crippen molar-refractivity contribution in [1.29, 1.82) is 0 Å². The second-order valence-corrected chi connectivity index (χ2v) is 6.38. The quantitative estimate of drug-likeness (QED) is 0.841. The zero-order chi connectivity index (χ0) is 16.7. The Labute approximate surface area is 141 Å². The van der Waals surface area contributed by atoms with E-state index in [0.29, 0.717) is 12.4 Å². The summed E-state index contributed by atoms with van der Waals surface area (Å²) in [5.41, 5.74) is 5.46. The van der Waals surface area contributed by atoms with Crippen LogP contribution >= 0.6 is 0 Å². The Kier molecular flexibility index (Phi) is 3.73. The highest BCUT2D eigenvalue weighted by atomic mass is 16.5. The third-order valence-electron chi connectivity index (χ3n) is 4.81. The lowest BCUT2D eigenvalue weighted by Crippen LogP contribution is -2.31. The highest BCUT2D eigenvalue weighted by molar-refractivity contribution is 6.00. The van der Waals surface area contributed by atoms with Crippen LogP contribution in [-0.4, -0.2) is 19.0 Å². The van der Waals surface area contributed by atoms with Gasteiger partial charge < -0.3 is 9.47 Å². The van der Waals surface area contributed by atoms with Gasteiger partial charge in [0.15, 0.2) is 5.78 Å². The van der Waals surface area contributed by atoms with Crippen molar-refractivity contribution in [2.75, 3.05) is 13.2 Å². The first-order valence-corrected chi connectivity index (χ1v) is 8.39. The molecule has 0 unspecified atom stereocenters. The minimum atomic E-state index is -0.0730. The monoisotopic (exact) mass is 320 g/mol. The zero-order valence-corrected chi connectivity index (χ0v) is 14.0. The van der Waals surface area contributed by atoms with Gasteiger partial charge in [-0.3, -0.25) is 4.79 Å². The van der Waals surface area contributed by atoms with Crippen molar-refractivity contribution >= 4 is 5.78 Å². The second kappa shape index (κ2) is 5.91. The Balaban J connectivity index is 1.98. The van der Waals surface area contributed by atoms with Crippen molar-refractivity contribution in [1.82, 2.24) is 0 Å². The van der Waals surface area contributed by atoms with E-state index >= 15 is 0 Å². The van der Waals surface area contributed by atoms with Crippen LogP contribution in [0.5, 0.6) is 5.75 Å². The molecule has 2 heterocycles. The van der Waals surface area contributed by atoms with Gasteiger partial charge in [0, 0.05) is 11.5 Å². The van der Waals surface area contributed by atoms with Gasteiger partial charge in [-0.05, 0) is 30.5 Å². The SMILES string of the molecule is CCc1ccccc1[C@H]1C2=C(COCC2=O)Oc2ccc(C)cc21. The number of ether oxygens (including phenoxy) is 2. The van der Waals surface area contributed by atoms with Crippen LogP contribution in [0.4, 0.5) is 0 Å². The van der Waals surface area contributed by atoms with Gasteiger partial charge in [-0.25, -0.2) is 0 Å².